The van der Waals surface area contributed by atoms with E-state index in [-0.39, 0.29) is 0 Å². The zero-order chi connectivity index (χ0) is 17.7. The SMILES string of the molecule is COc1ccc(C(=O)O[C@H]2[C@@H](OC(C)=O)C[C@@H](OC)O[C@@H]2C)cc1. The van der Waals surface area contributed by atoms with Crippen LogP contribution < -0.4 is 4.74 Å². The number of benzene rings is 1. The van der Waals surface area contributed by atoms with Crippen molar-refractivity contribution in [3.8, 4) is 5.75 Å². The molecular weight excluding hydrogens is 316 g/mol. The van der Waals surface area contributed by atoms with Crippen LogP contribution in [0.25, 0.3) is 0 Å². The van der Waals surface area contributed by atoms with Crippen LogP contribution in [0.1, 0.15) is 30.6 Å². The lowest BCUT2D eigenvalue weighted by atomic mass is 10.0. The molecule has 1 aromatic rings. The molecule has 0 bridgehead atoms. The van der Waals surface area contributed by atoms with Gasteiger partial charge in [-0.15, -0.1) is 0 Å². The molecule has 2 rings (SSSR count). The van der Waals surface area contributed by atoms with E-state index in [9.17, 15) is 9.59 Å². The maximum atomic E-state index is 12.4. The van der Waals surface area contributed by atoms with E-state index < -0.39 is 36.5 Å². The number of rotatable bonds is 5. The number of hydrogen-bond donors (Lipinski definition) is 0. The Labute approximate surface area is 140 Å². The summed E-state index contributed by atoms with van der Waals surface area (Å²) in [7, 11) is 3.05. The van der Waals surface area contributed by atoms with E-state index in [1.165, 1.54) is 14.0 Å². The fraction of sp³-hybridized carbons (Fsp3) is 0.529. The molecule has 0 N–H and O–H groups in total. The Morgan fingerprint density at radius 2 is 1.79 bits per heavy atom. The second-order valence-corrected chi connectivity index (χ2v) is 5.49. The molecule has 1 aliphatic rings. The fourth-order valence-electron chi connectivity index (χ4n) is 2.57. The highest BCUT2D eigenvalue weighted by atomic mass is 16.7. The third kappa shape index (κ3) is 4.46. The van der Waals surface area contributed by atoms with Crippen molar-refractivity contribution < 1.29 is 33.3 Å². The lowest BCUT2D eigenvalue weighted by Gasteiger charge is -2.38. The van der Waals surface area contributed by atoms with Gasteiger partial charge in [0.2, 0.25) is 0 Å². The molecule has 132 valence electrons. The lowest BCUT2D eigenvalue weighted by molar-refractivity contribution is -0.242. The zero-order valence-corrected chi connectivity index (χ0v) is 14.2. The number of carbonyl (C=O) groups is 2. The smallest absolute Gasteiger partial charge is 0.338 e. The van der Waals surface area contributed by atoms with Crippen molar-refractivity contribution in [1.29, 1.82) is 0 Å². The van der Waals surface area contributed by atoms with Crippen molar-refractivity contribution in [2.24, 2.45) is 0 Å². The van der Waals surface area contributed by atoms with Gasteiger partial charge in [0.15, 0.2) is 12.4 Å². The van der Waals surface area contributed by atoms with Crippen molar-refractivity contribution in [2.75, 3.05) is 14.2 Å². The Bertz CT molecular complexity index is 569. The minimum absolute atomic E-state index is 0.293. The van der Waals surface area contributed by atoms with E-state index in [0.29, 0.717) is 17.7 Å². The minimum Gasteiger partial charge on any atom is -0.497 e. The molecule has 1 aliphatic heterocycles. The Kier molecular flexibility index (Phi) is 6.16. The van der Waals surface area contributed by atoms with E-state index in [4.69, 9.17) is 23.7 Å². The van der Waals surface area contributed by atoms with Crippen LogP contribution in [0.4, 0.5) is 0 Å². The summed E-state index contributed by atoms with van der Waals surface area (Å²) >= 11 is 0. The monoisotopic (exact) mass is 338 g/mol. The Morgan fingerprint density at radius 3 is 2.33 bits per heavy atom. The van der Waals surface area contributed by atoms with Gasteiger partial charge in [-0.1, -0.05) is 0 Å². The molecule has 1 saturated heterocycles. The molecule has 7 nitrogen and oxygen atoms in total. The van der Waals surface area contributed by atoms with Gasteiger partial charge in [-0.25, -0.2) is 4.79 Å². The van der Waals surface area contributed by atoms with Gasteiger partial charge >= 0.3 is 11.9 Å². The molecule has 1 heterocycles. The van der Waals surface area contributed by atoms with Gasteiger partial charge in [-0.3, -0.25) is 4.79 Å². The molecule has 7 heteroatoms. The van der Waals surface area contributed by atoms with Crippen molar-refractivity contribution in [3.63, 3.8) is 0 Å². The van der Waals surface area contributed by atoms with Crippen molar-refractivity contribution in [3.05, 3.63) is 29.8 Å². The first-order valence-electron chi connectivity index (χ1n) is 7.65. The topological polar surface area (TPSA) is 80.3 Å². The zero-order valence-electron chi connectivity index (χ0n) is 14.2. The van der Waals surface area contributed by atoms with Gasteiger partial charge in [0.25, 0.3) is 0 Å². The highest BCUT2D eigenvalue weighted by Crippen LogP contribution is 2.26. The summed E-state index contributed by atoms with van der Waals surface area (Å²) in [5.41, 5.74) is 0.374. The Morgan fingerprint density at radius 1 is 1.12 bits per heavy atom. The van der Waals surface area contributed by atoms with Gasteiger partial charge in [0.05, 0.1) is 18.8 Å². The van der Waals surface area contributed by atoms with Crippen LogP contribution in [-0.2, 0) is 23.7 Å². The lowest BCUT2D eigenvalue weighted by Crippen LogP contribution is -2.51. The van der Waals surface area contributed by atoms with Crippen LogP contribution in [0.15, 0.2) is 24.3 Å². The maximum Gasteiger partial charge on any atom is 0.338 e. The van der Waals surface area contributed by atoms with E-state index in [0.717, 1.165) is 0 Å². The third-order valence-electron chi connectivity index (χ3n) is 3.77. The summed E-state index contributed by atoms with van der Waals surface area (Å²) < 4.78 is 26.7. The molecule has 0 aromatic heterocycles. The predicted octanol–water partition coefficient (Wildman–Crippen LogP) is 1.93. The maximum absolute atomic E-state index is 12.4. The van der Waals surface area contributed by atoms with Gasteiger partial charge < -0.3 is 23.7 Å². The molecule has 0 unspecified atom stereocenters. The van der Waals surface area contributed by atoms with E-state index >= 15 is 0 Å². The van der Waals surface area contributed by atoms with Gasteiger partial charge in [-0.2, -0.15) is 0 Å². The minimum atomic E-state index is -0.713. The summed E-state index contributed by atoms with van der Waals surface area (Å²) in [5, 5.41) is 0. The standard InChI is InChI=1S/C17H22O7/c1-10-16(14(23-11(2)18)9-15(21-4)22-10)24-17(19)12-5-7-13(20-3)8-6-12/h5-8,10,14-16H,9H2,1-4H3/t10-,14+,15+,16-/m1/s1. The summed E-state index contributed by atoms with van der Waals surface area (Å²) in [6.07, 6.45) is -2.04. The summed E-state index contributed by atoms with van der Waals surface area (Å²) in [5.74, 6) is -0.331. The molecule has 1 fully saturated rings. The second-order valence-electron chi connectivity index (χ2n) is 5.49. The number of carbonyl (C=O) groups excluding carboxylic acids is 2. The van der Waals surface area contributed by atoms with Crippen LogP contribution in [0.3, 0.4) is 0 Å². The molecule has 0 amide bonds. The van der Waals surface area contributed by atoms with Crippen LogP contribution in [-0.4, -0.2) is 50.8 Å². The van der Waals surface area contributed by atoms with Crippen molar-refractivity contribution >= 4 is 11.9 Å². The molecule has 1 aromatic carbocycles. The van der Waals surface area contributed by atoms with Gasteiger partial charge in [0.1, 0.15) is 11.9 Å². The number of ether oxygens (including phenoxy) is 5. The molecule has 0 aliphatic carbocycles. The first-order valence-corrected chi connectivity index (χ1v) is 7.65. The quantitative estimate of drug-likeness (QED) is 0.759. The predicted molar refractivity (Wildman–Crippen MR) is 83.7 cm³/mol. The Balaban J connectivity index is 2.10. The third-order valence-corrected chi connectivity index (χ3v) is 3.77. The molecule has 0 saturated carbocycles. The highest BCUT2D eigenvalue weighted by Gasteiger charge is 2.41. The highest BCUT2D eigenvalue weighted by molar-refractivity contribution is 5.89. The number of methoxy groups -OCH3 is 2. The molecular formula is C17H22O7. The molecule has 24 heavy (non-hydrogen) atoms. The van der Waals surface area contributed by atoms with Gasteiger partial charge in [-0.05, 0) is 31.2 Å². The largest absolute Gasteiger partial charge is 0.497 e. The fourth-order valence-corrected chi connectivity index (χ4v) is 2.57. The molecule has 0 spiro atoms. The van der Waals surface area contributed by atoms with Crippen molar-refractivity contribution in [1.82, 2.24) is 0 Å². The molecule has 0 radical (unpaired) electrons. The van der Waals surface area contributed by atoms with Crippen LogP contribution in [0.5, 0.6) is 5.75 Å². The number of esters is 2. The van der Waals surface area contributed by atoms with E-state index in [1.54, 1.807) is 38.3 Å². The Hall–Kier alpha value is -2.12. The van der Waals surface area contributed by atoms with E-state index in [1.807, 2.05) is 0 Å². The van der Waals surface area contributed by atoms with Crippen LogP contribution in [0.2, 0.25) is 0 Å². The normalized spacial score (nSPS) is 26.5. The summed E-state index contributed by atoms with van der Waals surface area (Å²) in [6.45, 7) is 3.05. The first kappa shape index (κ1) is 18.2. The first-order chi connectivity index (χ1) is 11.4. The average molecular weight is 338 g/mol. The van der Waals surface area contributed by atoms with Crippen LogP contribution >= 0.6 is 0 Å². The van der Waals surface area contributed by atoms with Gasteiger partial charge in [0, 0.05) is 20.5 Å². The van der Waals surface area contributed by atoms with Crippen LogP contribution in [0, 0.1) is 0 Å². The molecule has 4 atom stereocenters. The summed E-state index contributed by atoms with van der Waals surface area (Å²) in [6, 6.07) is 6.55. The average Bonchev–Trinajstić information content (AvgIpc) is 2.57. The number of hydrogen-bond acceptors (Lipinski definition) is 7. The second kappa shape index (κ2) is 8.12. The van der Waals surface area contributed by atoms with Crippen molar-refractivity contribution in [2.45, 2.75) is 44.9 Å². The van der Waals surface area contributed by atoms with E-state index in [2.05, 4.69) is 0 Å². The summed E-state index contributed by atoms with van der Waals surface area (Å²) in [4.78, 5) is 23.7.